The molecule has 0 spiro atoms. The molecule has 2 aliphatic heterocycles. The lowest BCUT2D eigenvalue weighted by atomic mass is 9.91. The van der Waals surface area contributed by atoms with Crippen molar-refractivity contribution < 1.29 is 19.4 Å². The Morgan fingerprint density at radius 3 is 2.70 bits per heavy atom. The first-order chi connectivity index (χ1) is 19.6. The fourth-order valence-corrected chi connectivity index (χ4v) is 5.60. The smallest absolute Gasteiger partial charge is 0.263 e. The number of carbonyl (C=O) groups is 1. The largest absolute Gasteiger partial charge is 0.493 e. The predicted octanol–water partition coefficient (Wildman–Crippen LogP) is 6.41. The van der Waals surface area contributed by atoms with Gasteiger partial charge in [0.1, 0.15) is 11.6 Å². The normalized spacial score (nSPS) is 17.2. The number of likely N-dealkylation sites (tertiary alicyclic amines) is 1. The summed E-state index contributed by atoms with van der Waals surface area (Å²) in [6.45, 7) is 3.81. The molecule has 2 aliphatic rings. The van der Waals surface area contributed by atoms with E-state index in [0.717, 1.165) is 39.7 Å². The molecular weight excluding hydrogens is 500 g/mol. The van der Waals surface area contributed by atoms with E-state index in [1.807, 2.05) is 97.9 Å². The van der Waals surface area contributed by atoms with Crippen molar-refractivity contribution in [2.24, 2.45) is 4.99 Å². The number of aliphatic hydroxyl groups is 1. The van der Waals surface area contributed by atoms with Gasteiger partial charge in [0, 0.05) is 30.1 Å². The van der Waals surface area contributed by atoms with Gasteiger partial charge in [0.25, 0.3) is 5.91 Å². The summed E-state index contributed by atoms with van der Waals surface area (Å²) in [5.74, 6) is 1.13. The highest BCUT2D eigenvalue weighted by atomic mass is 16.6. The summed E-state index contributed by atoms with van der Waals surface area (Å²) in [7, 11) is 0. The minimum absolute atomic E-state index is 0.0604. The van der Waals surface area contributed by atoms with Crippen LogP contribution in [-0.2, 0) is 11.3 Å². The summed E-state index contributed by atoms with van der Waals surface area (Å²) in [6.07, 6.45) is 1.97. The molecule has 40 heavy (non-hydrogen) atoms. The first-order valence-corrected chi connectivity index (χ1v) is 13.8. The zero-order valence-electron chi connectivity index (χ0n) is 22.5. The number of aliphatic hydroxyl groups excluding tert-OH is 1. The maximum Gasteiger partial charge on any atom is 0.263 e. The van der Waals surface area contributed by atoms with Crippen LogP contribution >= 0.6 is 0 Å². The Morgan fingerprint density at radius 2 is 1.85 bits per heavy atom. The number of amides is 1. The van der Waals surface area contributed by atoms with Gasteiger partial charge in [0.2, 0.25) is 0 Å². The Labute approximate surface area is 234 Å². The molecule has 1 fully saturated rings. The van der Waals surface area contributed by atoms with Gasteiger partial charge in [-0.15, -0.1) is 0 Å². The van der Waals surface area contributed by atoms with Gasteiger partial charge in [-0.1, -0.05) is 91.0 Å². The number of carbonyl (C=O) groups excluding carboxylic acids is 1. The van der Waals surface area contributed by atoms with Gasteiger partial charge < -0.3 is 14.6 Å². The Balaban J connectivity index is 1.30. The van der Waals surface area contributed by atoms with Crippen molar-refractivity contribution in [3.05, 3.63) is 125 Å². The van der Waals surface area contributed by atoms with Gasteiger partial charge >= 0.3 is 0 Å². The molecule has 6 heteroatoms. The van der Waals surface area contributed by atoms with E-state index in [2.05, 4.69) is 6.08 Å². The van der Waals surface area contributed by atoms with Crippen LogP contribution in [0.25, 0.3) is 10.8 Å². The second kappa shape index (κ2) is 11.5. The molecule has 1 saturated heterocycles. The molecule has 2 heterocycles. The van der Waals surface area contributed by atoms with Crippen LogP contribution in [0.5, 0.6) is 5.75 Å². The Morgan fingerprint density at radius 1 is 1.02 bits per heavy atom. The van der Waals surface area contributed by atoms with Crippen molar-refractivity contribution in [3.8, 4) is 5.75 Å². The number of benzene rings is 4. The third kappa shape index (κ3) is 5.04. The van der Waals surface area contributed by atoms with Gasteiger partial charge in [-0.25, -0.2) is 0 Å². The molecule has 2 unspecified atom stereocenters. The van der Waals surface area contributed by atoms with Crippen molar-refractivity contribution in [2.75, 3.05) is 19.7 Å². The van der Waals surface area contributed by atoms with Gasteiger partial charge in [0.15, 0.2) is 6.29 Å². The van der Waals surface area contributed by atoms with E-state index in [1.165, 1.54) is 0 Å². The predicted molar refractivity (Wildman–Crippen MR) is 157 cm³/mol. The number of hydrogen-bond acceptors (Lipinski definition) is 5. The number of hydrogen-bond donors (Lipinski definition) is 1. The van der Waals surface area contributed by atoms with E-state index in [9.17, 15) is 9.90 Å². The zero-order valence-corrected chi connectivity index (χ0v) is 22.5. The Kier molecular flexibility index (Phi) is 7.45. The van der Waals surface area contributed by atoms with E-state index >= 15 is 0 Å². The molecule has 0 bridgehead atoms. The lowest BCUT2D eigenvalue weighted by molar-refractivity contribution is -0.112. The van der Waals surface area contributed by atoms with Crippen LogP contribution in [0.15, 0.2) is 108 Å². The SMILES string of the molecule is CCOc1ccc2ccccc2c1C(=O)N1CC(c2cccc(C(O)OCc3ccccc3)c2)C2=CCCN=C21. The third-order valence-corrected chi connectivity index (χ3v) is 7.51. The summed E-state index contributed by atoms with van der Waals surface area (Å²) < 4.78 is 11.7. The lowest BCUT2D eigenvalue weighted by Gasteiger charge is -2.21. The van der Waals surface area contributed by atoms with Crippen LogP contribution in [0.1, 0.15) is 52.6 Å². The topological polar surface area (TPSA) is 71.4 Å². The molecule has 202 valence electrons. The third-order valence-electron chi connectivity index (χ3n) is 7.51. The Bertz CT molecular complexity index is 1590. The van der Waals surface area contributed by atoms with Crippen molar-refractivity contribution in [1.82, 2.24) is 4.90 Å². The van der Waals surface area contributed by atoms with Gasteiger partial charge in [-0.2, -0.15) is 0 Å². The standard InChI is InChI=1S/C34H32N2O4/c1-2-39-30-18-17-24-12-6-7-15-27(24)31(30)33(37)36-21-29(28-16-9-19-35-32(28)36)25-13-8-14-26(20-25)34(38)40-22-23-10-4-3-5-11-23/h3-8,10-18,20,29,34,38H,2,9,19,21-22H2,1H3. The minimum Gasteiger partial charge on any atom is -0.493 e. The zero-order chi connectivity index (χ0) is 27.5. The number of rotatable bonds is 8. The first kappa shape index (κ1) is 26.0. The minimum atomic E-state index is -1.06. The molecule has 4 aromatic carbocycles. The fourth-order valence-electron chi connectivity index (χ4n) is 5.60. The molecule has 0 aliphatic carbocycles. The van der Waals surface area contributed by atoms with Crippen molar-refractivity contribution in [3.63, 3.8) is 0 Å². The number of nitrogens with zero attached hydrogens (tertiary/aromatic N) is 2. The molecule has 6 nitrogen and oxygen atoms in total. The van der Waals surface area contributed by atoms with E-state index in [1.54, 1.807) is 4.90 Å². The number of dihydropyridines is 1. The highest BCUT2D eigenvalue weighted by molar-refractivity contribution is 6.19. The van der Waals surface area contributed by atoms with E-state index in [4.69, 9.17) is 14.5 Å². The number of aliphatic imine (C=N–C) groups is 1. The van der Waals surface area contributed by atoms with Crippen LogP contribution in [0, 0.1) is 0 Å². The van der Waals surface area contributed by atoms with Crippen LogP contribution in [0.2, 0.25) is 0 Å². The average Bonchev–Trinajstić information content (AvgIpc) is 3.40. The van der Waals surface area contributed by atoms with Crippen molar-refractivity contribution in [2.45, 2.75) is 32.2 Å². The van der Waals surface area contributed by atoms with Crippen LogP contribution in [0.4, 0.5) is 0 Å². The van der Waals surface area contributed by atoms with Crippen molar-refractivity contribution in [1.29, 1.82) is 0 Å². The van der Waals surface area contributed by atoms with Crippen LogP contribution in [0.3, 0.4) is 0 Å². The molecule has 0 saturated carbocycles. The van der Waals surface area contributed by atoms with E-state index < -0.39 is 6.29 Å². The highest BCUT2D eigenvalue weighted by Gasteiger charge is 2.40. The quantitative estimate of drug-likeness (QED) is 0.266. The monoisotopic (exact) mass is 532 g/mol. The maximum absolute atomic E-state index is 14.3. The summed E-state index contributed by atoms with van der Waals surface area (Å²) in [5.41, 5.74) is 4.30. The molecule has 1 amide bonds. The molecule has 4 aromatic rings. The molecule has 2 atom stereocenters. The molecule has 0 radical (unpaired) electrons. The van der Waals surface area contributed by atoms with Crippen LogP contribution < -0.4 is 4.74 Å². The average molecular weight is 533 g/mol. The van der Waals surface area contributed by atoms with Gasteiger partial charge in [0.05, 0.1) is 18.8 Å². The van der Waals surface area contributed by atoms with Crippen LogP contribution in [-0.4, -0.2) is 41.4 Å². The summed E-state index contributed by atoms with van der Waals surface area (Å²) in [4.78, 5) is 20.9. The molecule has 1 N–H and O–H groups in total. The summed E-state index contributed by atoms with van der Waals surface area (Å²) >= 11 is 0. The fraction of sp³-hybridized carbons (Fsp3) is 0.235. The van der Waals surface area contributed by atoms with Crippen molar-refractivity contribution >= 4 is 22.5 Å². The van der Waals surface area contributed by atoms with Gasteiger partial charge in [-0.05, 0) is 41.3 Å². The van der Waals surface area contributed by atoms with E-state index in [-0.39, 0.29) is 11.8 Å². The summed E-state index contributed by atoms with van der Waals surface area (Å²) in [5, 5.41) is 12.7. The second-order valence-electron chi connectivity index (χ2n) is 10.0. The summed E-state index contributed by atoms with van der Waals surface area (Å²) in [6, 6.07) is 29.4. The number of amidine groups is 1. The molecular formula is C34H32N2O4. The first-order valence-electron chi connectivity index (χ1n) is 13.8. The second-order valence-corrected chi connectivity index (χ2v) is 10.0. The van der Waals surface area contributed by atoms with E-state index in [0.29, 0.717) is 43.2 Å². The Hall–Kier alpha value is -4.26. The molecule has 6 rings (SSSR count). The highest BCUT2D eigenvalue weighted by Crippen LogP contribution is 2.39. The van der Waals surface area contributed by atoms with Gasteiger partial charge in [-0.3, -0.25) is 14.7 Å². The molecule has 0 aromatic heterocycles. The number of ether oxygens (including phenoxy) is 2. The maximum atomic E-state index is 14.3. The number of fused-ring (bicyclic) bond motifs is 2. The lowest BCUT2D eigenvalue weighted by Crippen LogP contribution is -2.34.